The molecule has 12 heavy (non-hydrogen) atoms. The van der Waals surface area contributed by atoms with Crippen molar-refractivity contribution in [1.82, 2.24) is 0 Å². The van der Waals surface area contributed by atoms with Gasteiger partial charge < -0.3 is 0 Å². The molecule has 0 heterocycles. The maximum Gasteiger partial charge on any atom is -0.0160 e. The van der Waals surface area contributed by atoms with E-state index in [1.807, 2.05) is 0 Å². The van der Waals surface area contributed by atoms with Crippen LogP contribution in [0.1, 0.15) is 39.5 Å². The average molecular weight is 162 g/mol. The van der Waals surface area contributed by atoms with Crippen molar-refractivity contribution in [3.63, 3.8) is 0 Å². The van der Waals surface area contributed by atoms with Gasteiger partial charge in [-0.25, -0.2) is 0 Å². The van der Waals surface area contributed by atoms with Crippen LogP contribution in [0.25, 0.3) is 0 Å². The van der Waals surface area contributed by atoms with Gasteiger partial charge in [0.1, 0.15) is 0 Å². The van der Waals surface area contributed by atoms with Crippen molar-refractivity contribution < 1.29 is 0 Å². The molecule has 0 heteroatoms. The molecule has 2 aliphatic rings. The third-order valence-electron chi connectivity index (χ3n) is 2.22. The van der Waals surface area contributed by atoms with Crippen LogP contribution < -0.4 is 0 Å². The second kappa shape index (κ2) is 4.97. The Morgan fingerprint density at radius 1 is 1.17 bits per heavy atom. The molecule has 0 aromatic carbocycles. The van der Waals surface area contributed by atoms with Crippen LogP contribution in [0.4, 0.5) is 0 Å². The lowest BCUT2D eigenvalue weighted by Gasteiger charge is -1.79. The fourth-order valence-corrected chi connectivity index (χ4v) is 1.41. The third kappa shape index (κ3) is 3.56. The van der Waals surface area contributed by atoms with E-state index in [9.17, 15) is 0 Å². The molecule has 0 aromatic heterocycles. The number of hydrogen-bond acceptors (Lipinski definition) is 0. The van der Waals surface area contributed by atoms with E-state index in [2.05, 4.69) is 38.2 Å². The Bertz CT molecular complexity index is 213. The summed E-state index contributed by atoms with van der Waals surface area (Å²) >= 11 is 0. The Morgan fingerprint density at radius 2 is 2.00 bits per heavy atom. The highest BCUT2D eigenvalue weighted by Gasteiger charge is 1.95. The molecule has 66 valence electrons. The minimum atomic E-state index is 1.14. The Hall–Kier alpha value is -0.780. The summed E-state index contributed by atoms with van der Waals surface area (Å²) in [6, 6.07) is 0. The van der Waals surface area contributed by atoms with E-state index in [4.69, 9.17) is 0 Å². The molecule has 0 atom stereocenters. The molecule has 0 fully saturated rings. The standard InChI is InChI=1S/C6H10.C6H8/c2*1-6-4-2-3-5-6/h4H,2-3,5H2,1H3;2,4-5H,3H2,1H3. The first kappa shape index (κ1) is 9.31. The van der Waals surface area contributed by atoms with E-state index in [1.54, 1.807) is 5.57 Å². The van der Waals surface area contributed by atoms with Gasteiger partial charge >= 0.3 is 0 Å². The average Bonchev–Trinajstić information content (AvgIpc) is 2.63. The molecule has 0 radical (unpaired) electrons. The van der Waals surface area contributed by atoms with Crippen LogP contribution >= 0.6 is 0 Å². The maximum absolute atomic E-state index is 2.32. The van der Waals surface area contributed by atoms with E-state index in [0.29, 0.717) is 0 Å². The van der Waals surface area contributed by atoms with Crippen molar-refractivity contribution in [2.75, 3.05) is 0 Å². The zero-order valence-electron chi connectivity index (χ0n) is 8.14. The predicted molar refractivity (Wildman–Crippen MR) is 55.1 cm³/mol. The van der Waals surface area contributed by atoms with Gasteiger partial charge in [0.2, 0.25) is 0 Å². The lowest BCUT2D eigenvalue weighted by molar-refractivity contribution is 0.907. The smallest absolute Gasteiger partial charge is 0.0160 e. The van der Waals surface area contributed by atoms with Crippen LogP contribution in [0, 0.1) is 0 Å². The van der Waals surface area contributed by atoms with Crippen LogP contribution in [-0.2, 0) is 0 Å². The van der Waals surface area contributed by atoms with E-state index in [0.717, 1.165) is 6.42 Å². The Labute approximate surface area is 75.7 Å². The third-order valence-corrected chi connectivity index (χ3v) is 2.22. The van der Waals surface area contributed by atoms with Gasteiger partial charge in [0.05, 0.1) is 0 Å². The Kier molecular flexibility index (Phi) is 3.86. The van der Waals surface area contributed by atoms with Crippen molar-refractivity contribution in [3.8, 4) is 0 Å². The lowest BCUT2D eigenvalue weighted by atomic mass is 10.3. The molecule has 0 bridgehead atoms. The fourth-order valence-electron chi connectivity index (χ4n) is 1.41. The van der Waals surface area contributed by atoms with Crippen molar-refractivity contribution >= 4 is 0 Å². The minimum Gasteiger partial charge on any atom is -0.0856 e. The highest BCUT2D eigenvalue weighted by molar-refractivity contribution is 5.23. The predicted octanol–water partition coefficient (Wildman–Crippen LogP) is 4.01. The highest BCUT2D eigenvalue weighted by Crippen LogP contribution is 2.15. The summed E-state index contributed by atoms with van der Waals surface area (Å²) in [6.45, 7) is 4.32. The lowest BCUT2D eigenvalue weighted by Crippen LogP contribution is -1.59. The zero-order valence-corrected chi connectivity index (χ0v) is 8.14. The van der Waals surface area contributed by atoms with E-state index < -0.39 is 0 Å². The van der Waals surface area contributed by atoms with Gasteiger partial charge in [-0.05, 0) is 39.5 Å². The maximum atomic E-state index is 2.32. The summed E-state index contributed by atoms with van der Waals surface area (Å²) in [5, 5.41) is 0. The first-order valence-corrected chi connectivity index (χ1v) is 4.78. The molecule has 0 spiro atoms. The largest absolute Gasteiger partial charge is 0.0856 e. The first-order chi connectivity index (χ1) is 5.79. The molecular weight excluding hydrogens is 144 g/mol. The highest BCUT2D eigenvalue weighted by atomic mass is 14.0. The Balaban J connectivity index is 0.000000120. The van der Waals surface area contributed by atoms with Gasteiger partial charge in [-0.2, -0.15) is 0 Å². The van der Waals surface area contributed by atoms with Crippen LogP contribution in [0.5, 0.6) is 0 Å². The second-order valence-corrected chi connectivity index (χ2v) is 3.53. The van der Waals surface area contributed by atoms with E-state index in [-0.39, 0.29) is 0 Å². The first-order valence-electron chi connectivity index (χ1n) is 4.78. The summed E-state index contributed by atoms with van der Waals surface area (Å²) in [4.78, 5) is 0. The van der Waals surface area contributed by atoms with Crippen LogP contribution in [-0.4, -0.2) is 0 Å². The van der Waals surface area contributed by atoms with E-state index in [1.165, 1.54) is 24.8 Å². The molecule has 0 N–H and O–H groups in total. The van der Waals surface area contributed by atoms with E-state index >= 15 is 0 Å². The van der Waals surface area contributed by atoms with Crippen molar-refractivity contribution in [3.05, 3.63) is 35.5 Å². The number of hydrogen-bond donors (Lipinski definition) is 0. The SMILES string of the molecule is CC1=CCC=C1.CC1=CCCC1. The molecule has 0 saturated carbocycles. The quantitative estimate of drug-likeness (QED) is 0.472. The molecule has 0 aromatic rings. The van der Waals surface area contributed by atoms with Gasteiger partial charge in [-0.3, -0.25) is 0 Å². The normalized spacial score (nSPS) is 19.8. The monoisotopic (exact) mass is 162 g/mol. The van der Waals surface area contributed by atoms with Gasteiger partial charge in [-0.1, -0.05) is 35.5 Å². The molecule has 0 saturated heterocycles. The zero-order chi connectivity index (χ0) is 8.81. The fraction of sp³-hybridized carbons (Fsp3) is 0.500. The van der Waals surface area contributed by atoms with Crippen LogP contribution in [0.2, 0.25) is 0 Å². The molecule has 0 nitrogen and oxygen atoms in total. The number of rotatable bonds is 0. The van der Waals surface area contributed by atoms with Crippen LogP contribution in [0.3, 0.4) is 0 Å². The van der Waals surface area contributed by atoms with Gasteiger partial charge in [0.15, 0.2) is 0 Å². The summed E-state index contributed by atoms with van der Waals surface area (Å²) in [7, 11) is 0. The molecule has 0 amide bonds. The number of allylic oxidation sites excluding steroid dienone is 6. The Morgan fingerprint density at radius 3 is 2.17 bits per heavy atom. The van der Waals surface area contributed by atoms with Gasteiger partial charge in [0.25, 0.3) is 0 Å². The van der Waals surface area contributed by atoms with Crippen molar-refractivity contribution in [1.29, 1.82) is 0 Å². The molecule has 2 rings (SSSR count). The van der Waals surface area contributed by atoms with Gasteiger partial charge in [0, 0.05) is 0 Å². The van der Waals surface area contributed by atoms with Gasteiger partial charge in [-0.15, -0.1) is 0 Å². The van der Waals surface area contributed by atoms with Crippen molar-refractivity contribution in [2.45, 2.75) is 39.5 Å². The second-order valence-electron chi connectivity index (χ2n) is 3.53. The summed E-state index contributed by atoms with van der Waals surface area (Å²) in [6.07, 6.45) is 14.0. The topological polar surface area (TPSA) is 0 Å². The summed E-state index contributed by atoms with van der Waals surface area (Å²) < 4.78 is 0. The molecule has 0 aliphatic heterocycles. The van der Waals surface area contributed by atoms with Crippen LogP contribution in [0.15, 0.2) is 35.5 Å². The van der Waals surface area contributed by atoms with Crippen molar-refractivity contribution in [2.24, 2.45) is 0 Å². The summed E-state index contributed by atoms with van der Waals surface area (Å²) in [5.41, 5.74) is 2.98. The summed E-state index contributed by atoms with van der Waals surface area (Å²) in [5.74, 6) is 0. The molecular formula is C12H18. The molecule has 0 unspecified atom stereocenters. The minimum absolute atomic E-state index is 1.14. The molecule has 2 aliphatic carbocycles.